The zero-order chi connectivity index (χ0) is 14.4. The molecule has 1 unspecified atom stereocenters. The predicted octanol–water partition coefficient (Wildman–Crippen LogP) is 2.49. The molecule has 0 bridgehead atoms. The summed E-state index contributed by atoms with van der Waals surface area (Å²) < 4.78 is 5.38. The quantitative estimate of drug-likeness (QED) is 0.814. The van der Waals surface area contributed by atoms with E-state index < -0.39 is 0 Å². The third-order valence-corrected chi connectivity index (χ3v) is 3.39. The van der Waals surface area contributed by atoms with Crippen LogP contribution in [0.4, 0.5) is 0 Å². The third kappa shape index (κ3) is 3.68. The van der Waals surface area contributed by atoms with Gasteiger partial charge in [0.2, 0.25) is 5.88 Å². The first kappa shape index (κ1) is 14.8. The average molecular weight is 274 g/mol. The minimum absolute atomic E-state index is 0.243. The molecule has 0 spiro atoms. The van der Waals surface area contributed by atoms with Crippen LogP contribution in [0.1, 0.15) is 25.3 Å². The number of benzene rings is 1. The molecule has 4 heteroatoms. The molecule has 20 heavy (non-hydrogen) atoms. The number of aliphatic hydroxyl groups is 1. The first-order valence-electron chi connectivity index (χ1n) is 7.01. The number of rotatable bonds is 7. The van der Waals surface area contributed by atoms with E-state index in [-0.39, 0.29) is 6.61 Å². The van der Waals surface area contributed by atoms with Gasteiger partial charge in [0.25, 0.3) is 0 Å². The number of aromatic nitrogens is 1. The number of aliphatic hydroxyl groups excluding tert-OH is 1. The highest BCUT2D eigenvalue weighted by Crippen LogP contribution is 2.22. The molecule has 4 nitrogen and oxygen atoms in total. The van der Waals surface area contributed by atoms with Crippen molar-refractivity contribution in [2.45, 2.75) is 32.4 Å². The molecule has 1 aromatic carbocycles. The van der Waals surface area contributed by atoms with E-state index in [0.717, 1.165) is 29.3 Å². The Morgan fingerprint density at radius 1 is 1.35 bits per heavy atom. The van der Waals surface area contributed by atoms with Gasteiger partial charge in [-0.05, 0) is 31.9 Å². The van der Waals surface area contributed by atoms with Crippen molar-refractivity contribution in [3.05, 3.63) is 35.9 Å². The van der Waals surface area contributed by atoms with E-state index in [4.69, 9.17) is 9.84 Å². The molecule has 1 aromatic heterocycles. The van der Waals surface area contributed by atoms with Crippen LogP contribution in [0.15, 0.2) is 30.3 Å². The van der Waals surface area contributed by atoms with Crippen LogP contribution in [0.5, 0.6) is 5.88 Å². The maximum atomic E-state index is 8.84. The standard InChI is InChI=1S/C16H22N2O2/c1-12(6-5-9-19)17-11-14-10-13-7-3-4-8-15(13)18-16(14)20-2/h3-4,7-8,10,12,17,19H,5-6,9,11H2,1-2H3. The van der Waals surface area contributed by atoms with Crippen molar-refractivity contribution in [3.8, 4) is 5.88 Å². The lowest BCUT2D eigenvalue weighted by atomic mass is 10.1. The normalized spacial score (nSPS) is 12.6. The largest absolute Gasteiger partial charge is 0.481 e. The van der Waals surface area contributed by atoms with Gasteiger partial charge in [0.15, 0.2) is 0 Å². The van der Waals surface area contributed by atoms with Crippen LogP contribution in [0.25, 0.3) is 10.9 Å². The predicted molar refractivity (Wildman–Crippen MR) is 80.9 cm³/mol. The number of ether oxygens (including phenoxy) is 1. The average Bonchev–Trinajstić information content (AvgIpc) is 2.49. The SMILES string of the molecule is COc1nc2ccccc2cc1CNC(C)CCCO. The van der Waals surface area contributed by atoms with E-state index in [1.54, 1.807) is 7.11 Å². The fourth-order valence-electron chi connectivity index (χ4n) is 2.23. The van der Waals surface area contributed by atoms with E-state index in [2.05, 4.69) is 29.4 Å². The van der Waals surface area contributed by atoms with Crippen molar-refractivity contribution < 1.29 is 9.84 Å². The van der Waals surface area contributed by atoms with Gasteiger partial charge in [-0.1, -0.05) is 18.2 Å². The number of hydrogen-bond acceptors (Lipinski definition) is 4. The summed E-state index contributed by atoms with van der Waals surface area (Å²) in [6.45, 7) is 3.08. The molecule has 2 aromatic rings. The second-order valence-electron chi connectivity index (χ2n) is 5.00. The summed E-state index contributed by atoms with van der Waals surface area (Å²) >= 11 is 0. The second kappa shape index (κ2) is 7.22. The Kier molecular flexibility index (Phi) is 5.32. The lowest BCUT2D eigenvalue weighted by Crippen LogP contribution is -2.26. The number of nitrogens with one attached hydrogen (secondary N) is 1. The van der Waals surface area contributed by atoms with E-state index in [1.807, 2.05) is 18.2 Å². The van der Waals surface area contributed by atoms with Gasteiger partial charge in [0, 0.05) is 30.1 Å². The highest BCUT2D eigenvalue weighted by Gasteiger charge is 2.08. The van der Waals surface area contributed by atoms with Gasteiger partial charge in [-0.2, -0.15) is 0 Å². The molecule has 0 fully saturated rings. The topological polar surface area (TPSA) is 54.4 Å². The molecule has 0 aliphatic heterocycles. The highest BCUT2D eigenvalue weighted by atomic mass is 16.5. The maximum absolute atomic E-state index is 8.84. The van der Waals surface area contributed by atoms with Crippen molar-refractivity contribution in [1.82, 2.24) is 10.3 Å². The number of pyridine rings is 1. The van der Waals surface area contributed by atoms with Crippen LogP contribution >= 0.6 is 0 Å². The Hall–Kier alpha value is -1.65. The fraction of sp³-hybridized carbons (Fsp3) is 0.438. The van der Waals surface area contributed by atoms with Gasteiger partial charge in [-0.3, -0.25) is 0 Å². The van der Waals surface area contributed by atoms with Crippen molar-refractivity contribution in [3.63, 3.8) is 0 Å². The van der Waals surface area contributed by atoms with Crippen LogP contribution in [0.3, 0.4) is 0 Å². The molecule has 2 N–H and O–H groups in total. The molecular weight excluding hydrogens is 252 g/mol. The van der Waals surface area contributed by atoms with Gasteiger partial charge in [0.05, 0.1) is 12.6 Å². The summed E-state index contributed by atoms with van der Waals surface area (Å²) in [4.78, 5) is 4.53. The first-order valence-corrected chi connectivity index (χ1v) is 7.01. The Labute approximate surface area is 119 Å². The Balaban J connectivity index is 2.11. The summed E-state index contributed by atoms with van der Waals surface area (Å²) in [6, 6.07) is 10.5. The van der Waals surface area contributed by atoms with E-state index in [9.17, 15) is 0 Å². The lowest BCUT2D eigenvalue weighted by molar-refractivity contribution is 0.276. The summed E-state index contributed by atoms with van der Waals surface area (Å²) in [7, 11) is 1.65. The van der Waals surface area contributed by atoms with Gasteiger partial charge in [-0.15, -0.1) is 0 Å². The first-order chi connectivity index (χ1) is 9.74. The van der Waals surface area contributed by atoms with Gasteiger partial charge in [-0.25, -0.2) is 4.98 Å². The number of hydrogen-bond donors (Lipinski definition) is 2. The van der Waals surface area contributed by atoms with E-state index in [1.165, 1.54) is 0 Å². The smallest absolute Gasteiger partial charge is 0.218 e. The Morgan fingerprint density at radius 3 is 2.90 bits per heavy atom. The number of nitrogens with zero attached hydrogens (tertiary/aromatic N) is 1. The molecule has 2 rings (SSSR count). The van der Waals surface area contributed by atoms with Crippen LogP contribution in [0, 0.1) is 0 Å². The van der Waals surface area contributed by atoms with Crippen molar-refractivity contribution in [2.75, 3.05) is 13.7 Å². The van der Waals surface area contributed by atoms with Gasteiger partial charge in [0.1, 0.15) is 0 Å². The van der Waals surface area contributed by atoms with Gasteiger partial charge < -0.3 is 15.2 Å². The molecule has 0 aliphatic rings. The maximum Gasteiger partial charge on any atom is 0.218 e. The van der Waals surface area contributed by atoms with Crippen molar-refractivity contribution in [2.24, 2.45) is 0 Å². The summed E-state index contributed by atoms with van der Waals surface area (Å²) in [5.41, 5.74) is 2.00. The molecule has 0 saturated heterocycles. The minimum Gasteiger partial charge on any atom is -0.481 e. The molecule has 108 valence electrons. The van der Waals surface area contributed by atoms with Crippen LogP contribution in [-0.2, 0) is 6.54 Å². The zero-order valence-corrected chi connectivity index (χ0v) is 12.1. The second-order valence-corrected chi connectivity index (χ2v) is 5.00. The monoisotopic (exact) mass is 274 g/mol. The van der Waals surface area contributed by atoms with Gasteiger partial charge >= 0.3 is 0 Å². The number of fused-ring (bicyclic) bond motifs is 1. The van der Waals surface area contributed by atoms with E-state index in [0.29, 0.717) is 18.5 Å². The molecule has 0 saturated carbocycles. The summed E-state index contributed by atoms with van der Waals surface area (Å²) in [5, 5.41) is 13.4. The summed E-state index contributed by atoms with van der Waals surface area (Å²) in [6.07, 6.45) is 1.78. The molecular formula is C16H22N2O2. The Morgan fingerprint density at radius 2 is 2.15 bits per heavy atom. The zero-order valence-electron chi connectivity index (χ0n) is 12.1. The molecule has 0 amide bonds. The van der Waals surface area contributed by atoms with Crippen LogP contribution in [0.2, 0.25) is 0 Å². The molecule has 0 radical (unpaired) electrons. The minimum atomic E-state index is 0.243. The van der Waals surface area contributed by atoms with Crippen molar-refractivity contribution in [1.29, 1.82) is 0 Å². The van der Waals surface area contributed by atoms with Crippen LogP contribution < -0.4 is 10.1 Å². The summed E-state index contributed by atoms with van der Waals surface area (Å²) in [5.74, 6) is 0.672. The fourth-order valence-corrected chi connectivity index (χ4v) is 2.23. The Bertz CT molecular complexity index is 557. The lowest BCUT2D eigenvalue weighted by Gasteiger charge is -2.15. The number of methoxy groups -OCH3 is 1. The van der Waals surface area contributed by atoms with Crippen LogP contribution in [-0.4, -0.2) is 29.8 Å². The van der Waals surface area contributed by atoms with E-state index >= 15 is 0 Å². The molecule has 0 aliphatic carbocycles. The number of para-hydroxylation sites is 1. The van der Waals surface area contributed by atoms with Crippen molar-refractivity contribution >= 4 is 10.9 Å². The molecule has 1 heterocycles. The molecule has 1 atom stereocenters. The highest BCUT2D eigenvalue weighted by molar-refractivity contribution is 5.80. The third-order valence-electron chi connectivity index (χ3n) is 3.39.